The van der Waals surface area contributed by atoms with Gasteiger partial charge in [0.25, 0.3) is 0 Å². The van der Waals surface area contributed by atoms with Crippen molar-refractivity contribution >= 4 is 5.97 Å². The summed E-state index contributed by atoms with van der Waals surface area (Å²) in [5.74, 6) is 2.61. The third-order valence-corrected chi connectivity index (χ3v) is 9.69. The van der Waals surface area contributed by atoms with Gasteiger partial charge >= 0.3 is 5.97 Å². The number of carbonyl (C=O) groups is 1. The van der Waals surface area contributed by atoms with Gasteiger partial charge in [-0.2, -0.15) is 0 Å². The van der Waals surface area contributed by atoms with Crippen LogP contribution in [0.25, 0.3) is 0 Å². The quantitative estimate of drug-likeness (QED) is 0.468. The molecule has 0 bridgehead atoms. The van der Waals surface area contributed by atoms with Crippen molar-refractivity contribution in [3.8, 4) is 0 Å². The van der Waals surface area contributed by atoms with E-state index in [2.05, 4.69) is 27.7 Å². The highest BCUT2D eigenvalue weighted by Gasteiger charge is 2.67. The number of aliphatic hydroxyl groups is 2. The van der Waals surface area contributed by atoms with E-state index in [4.69, 9.17) is 14.2 Å². The molecule has 11 atom stereocenters. The van der Waals surface area contributed by atoms with Crippen LogP contribution in [-0.4, -0.2) is 52.5 Å². The van der Waals surface area contributed by atoms with Gasteiger partial charge < -0.3 is 24.4 Å². The first-order chi connectivity index (χ1) is 15.4. The second-order valence-corrected chi connectivity index (χ2v) is 12.1. The Bertz CT molecular complexity index is 777. The molecule has 1 heterocycles. The monoisotopic (exact) mass is 464 g/mol. The van der Waals surface area contributed by atoms with Gasteiger partial charge in [0.05, 0.1) is 11.7 Å². The van der Waals surface area contributed by atoms with Crippen LogP contribution in [0.15, 0.2) is 11.6 Å². The fraction of sp³-hybridized carbons (Fsp3) is 0.889. The summed E-state index contributed by atoms with van der Waals surface area (Å²) in [5, 5.41) is 21.3. The zero-order valence-electron chi connectivity index (χ0n) is 21.4. The number of esters is 1. The number of rotatable bonds is 5. The molecule has 1 saturated heterocycles. The molecule has 6 nitrogen and oxygen atoms in total. The SMILES string of the molecule is CCC(C)=CC(=O)O[C@H]1[C@H](O[C@]2(C)CC[C@@H]3[C@H]([C@@H]4[C@H](C)CC[C@@H]42)C3(C)C)O[C@H](C)[C@H](O)[C@@H]1O. The van der Waals surface area contributed by atoms with Gasteiger partial charge in [-0.15, -0.1) is 0 Å². The molecule has 0 aromatic heterocycles. The second kappa shape index (κ2) is 8.92. The summed E-state index contributed by atoms with van der Waals surface area (Å²) >= 11 is 0. The van der Waals surface area contributed by atoms with Gasteiger partial charge in [0.1, 0.15) is 12.2 Å². The number of aliphatic hydroxyl groups excluding tert-OH is 2. The van der Waals surface area contributed by atoms with E-state index in [0.29, 0.717) is 23.2 Å². The highest BCUT2D eigenvalue weighted by molar-refractivity contribution is 5.82. The largest absolute Gasteiger partial charge is 0.451 e. The number of ether oxygens (including phenoxy) is 3. The van der Waals surface area contributed by atoms with Crippen molar-refractivity contribution in [3.63, 3.8) is 0 Å². The molecular formula is C27H44O6. The molecule has 4 aliphatic rings. The van der Waals surface area contributed by atoms with Gasteiger partial charge in [-0.25, -0.2) is 4.79 Å². The summed E-state index contributed by atoms with van der Waals surface area (Å²) in [6, 6.07) is 0. The molecule has 2 N–H and O–H groups in total. The van der Waals surface area contributed by atoms with E-state index in [1.54, 1.807) is 6.92 Å². The lowest BCUT2D eigenvalue weighted by Gasteiger charge is -2.47. The molecule has 0 aromatic carbocycles. The molecule has 0 aromatic rings. The molecule has 33 heavy (non-hydrogen) atoms. The van der Waals surface area contributed by atoms with E-state index in [1.165, 1.54) is 12.5 Å². The zero-order chi connectivity index (χ0) is 24.3. The van der Waals surface area contributed by atoms with Gasteiger partial charge in [-0.1, -0.05) is 39.7 Å². The van der Waals surface area contributed by atoms with Crippen molar-refractivity contribution in [1.29, 1.82) is 0 Å². The minimum Gasteiger partial charge on any atom is -0.451 e. The summed E-state index contributed by atoms with van der Waals surface area (Å²) in [6.07, 6.45) is 1.52. The van der Waals surface area contributed by atoms with Gasteiger partial charge in [-0.3, -0.25) is 0 Å². The zero-order valence-corrected chi connectivity index (χ0v) is 21.4. The Labute approximate surface area is 199 Å². The molecule has 6 heteroatoms. The predicted octanol–water partition coefficient (Wildman–Crippen LogP) is 4.22. The Morgan fingerprint density at radius 3 is 2.45 bits per heavy atom. The van der Waals surface area contributed by atoms with Gasteiger partial charge in [0.15, 0.2) is 12.4 Å². The normalized spacial score (nSPS) is 49.1. The molecular weight excluding hydrogens is 420 g/mol. The average molecular weight is 465 g/mol. The first kappa shape index (κ1) is 25.2. The summed E-state index contributed by atoms with van der Waals surface area (Å²) in [6.45, 7) is 14.9. The summed E-state index contributed by atoms with van der Waals surface area (Å²) in [5.41, 5.74) is 0.865. The molecule has 0 amide bonds. The topological polar surface area (TPSA) is 85.2 Å². The number of hydrogen-bond donors (Lipinski definition) is 2. The molecule has 0 spiro atoms. The van der Waals surface area contributed by atoms with Crippen LogP contribution < -0.4 is 0 Å². The maximum atomic E-state index is 12.5. The van der Waals surface area contributed by atoms with E-state index in [0.717, 1.165) is 43.1 Å². The molecule has 1 aliphatic heterocycles. The van der Waals surface area contributed by atoms with Gasteiger partial charge in [0, 0.05) is 6.08 Å². The minimum absolute atomic E-state index is 0.403. The van der Waals surface area contributed by atoms with Crippen LogP contribution in [0.5, 0.6) is 0 Å². The Morgan fingerprint density at radius 1 is 1.09 bits per heavy atom. The van der Waals surface area contributed by atoms with E-state index >= 15 is 0 Å². The van der Waals surface area contributed by atoms with Crippen molar-refractivity contribution < 1.29 is 29.2 Å². The third-order valence-electron chi connectivity index (χ3n) is 9.69. The molecule has 0 unspecified atom stereocenters. The van der Waals surface area contributed by atoms with E-state index < -0.39 is 42.3 Å². The lowest BCUT2D eigenvalue weighted by molar-refractivity contribution is -0.328. The number of allylic oxidation sites excluding steroid dienone is 1. The third kappa shape index (κ3) is 4.41. The maximum Gasteiger partial charge on any atom is 0.331 e. The fourth-order valence-electron chi connectivity index (χ4n) is 7.38. The number of carbonyl (C=O) groups excluding carboxylic acids is 1. The van der Waals surface area contributed by atoms with Crippen LogP contribution in [0.3, 0.4) is 0 Å². The molecule has 188 valence electrons. The van der Waals surface area contributed by atoms with Crippen LogP contribution in [0.4, 0.5) is 0 Å². The van der Waals surface area contributed by atoms with Crippen molar-refractivity contribution in [2.24, 2.45) is 35.0 Å². The van der Waals surface area contributed by atoms with Crippen LogP contribution in [0, 0.1) is 35.0 Å². The molecule has 3 saturated carbocycles. The Kier molecular flexibility index (Phi) is 6.80. The van der Waals surface area contributed by atoms with Crippen molar-refractivity contribution in [1.82, 2.24) is 0 Å². The molecule has 4 rings (SSSR count). The predicted molar refractivity (Wildman–Crippen MR) is 125 cm³/mol. The minimum atomic E-state index is -1.27. The van der Waals surface area contributed by atoms with Crippen molar-refractivity contribution in [2.75, 3.05) is 0 Å². The lowest BCUT2D eigenvalue weighted by atomic mass is 9.74. The van der Waals surface area contributed by atoms with Crippen molar-refractivity contribution in [3.05, 3.63) is 11.6 Å². The molecule has 0 radical (unpaired) electrons. The maximum absolute atomic E-state index is 12.5. The first-order valence-electron chi connectivity index (χ1n) is 13.0. The van der Waals surface area contributed by atoms with Crippen LogP contribution in [-0.2, 0) is 19.0 Å². The Morgan fingerprint density at radius 2 is 1.79 bits per heavy atom. The Hall–Kier alpha value is -0.950. The van der Waals surface area contributed by atoms with Crippen molar-refractivity contribution in [2.45, 2.75) is 117 Å². The molecule has 3 aliphatic carbocycles. The summed E-state index contributed by atoms with van der Waals surface area (Å²) < 4.78 is 18.4. The Balaban J connectivity index is 1.57. The number of hydrogen-bond acceptors (Lipinski definition) is 6. The van der Waals surface area contributed by atoms with E-state index in [9.17, 15) is 15.0 Å². The molecule has 4 fully saturated rings. The van der Waals surface area contributed by atoms with Crippen LogP contribution in [0.2, 0.25) is 0 Å². The smallest absolute Gasteiger partial charge is 0.331 e. The highest BCUT2D eigenvalue weighted by atomic mass is 16.7. The highest BCUT2D eigenvalue weighted by Crippen LogP contribution is 2.71. The second-order valence-electron chi connectivity index (χ2n) is 12.1. The van der Waals surface area contributed by atoms with E-state index in [1.807, 2.05) is 13.8 Å². The van der Waals surface area contributed by atoms with E-state index in [-0.39, 0.29) is 0 Å². The van der Waals surface area contributed by atoms with Gasteiger partial charge in [-0.05, 0) is 81.5 Å². The fourth-order valence-corrected chi connectivity index (χ4v) is 7.38. The van der Waals surface area contributed by atoms with Gasteiger partial charge in [0.2, 0.25) is 0 Å². The summed E-state index contributed by atoms with van der Waals surface area (Å²) in [7, 11) is 0. The first-order valence-corrected chi connectivity index (χ1v) is 13.0. The summed E-state index contributed by atoms with van der Waals surface area (Å²) in [4.78, 5) is 12.5. The standard InChI is InChI=1S/C27H44O6/c1-8-14(2)13-19(28)32-24-23(30)22(29)16(4)31-25(24)33-27(7)12-11-18-21(26(18,5)6)20-15(3)9-10-17(20)27/h13,15-18,20-25,29-30H,8-12H2,1-7H3/t15-,16-,17+,18-,20-,21-,22+,23+,24-,25+,27-/m1/s1. The van der Waals surface area contributed by atoms with Crippen LogP contribution in [0.1, 0.15) is 80.6 Å². The lowest BCUT2D eigenvalue weighted by Crippen LogP contribution is -2.61. The average Bonchev–Trinajstić information content (AvgIpc) is 3.12. The van der Waals surface area contributed by atoms with Crippen LogP contribution >= 0.6 is 0 Å². The number of fused-ring (bicyclic) bond motifs is 3.